The molecular formula is C18H34O3Si. The van der Waals surface area contributed by atoms with Crippen LogP contribution in [-0.2, 0) is 14.0 Å². The molecule has 0 bridgehead atoms. The van der Waals surface area contributed by atoms with Crippen LogP contribution in [0, 0.1) is 0 Å². The van der Waals surface area contributed by atoms with Gasteiger partial charge in [-0.25, -0.2) is 4.79 Å². The molecule has 0 aromatic heterocycles. The van der Waals surface area contributed by atoms with E-state index in [1.807, 2.05) is 6.92 Å². The van der Waals surface area contributed by atoms with Crippen LogP contribution in [0.5, 0.6) is 0 Å². The molecule has 0 heterocycles. The molecule has 0 saturated carbocycles. The Kier molecular flexibility index (Phi) is 8.33. The summed E-state index contributed by atoms with van der Waals surface area (Å²) in [6.07, 6.45) is 4.44. The average Bonchev–Trinajstić information content (AvgIpc) is 2.40. The molecule has 0 aliphatic carbocycles. The van der Waals surface area contributed by atoms with Crippen molar-refractivity contribution in [1.82, 2.24) is 0 Å². The Bertz CT molecular complexity index is 417. The first-order valence-corrected chi connectivity index (χ1v) is 11.0. The second-order valence-electron chi connectivity index (χ2n) is 7.43. The number of hydrogen-bond donors (Lipinski definition) is 0. The molecule has 0 N–H and O–H groups in total. The van der Waals surface area contributed by atoms with Crippen LogP contribution in [-0.4, -0.2) is 27.5 Å². The average molecular weight is 327 g/mol. The van der Waals surface area contributed by atoms with Gasteiger partial charge in [0.1, 0.15) is 0 Å². The molecule has 1 atom stereocenters. The van der Waals surface area contributed by atoms with Gasteiger partial charge in [-0.05, 0) is 49.0 Å². The van der Waals surface area contributed by atoms with Gasteiger partial charge >= 0.3 is 5.97 Å². The molecule has 0 fully saturated rings. The van der Waals surface area contributed by atoms with Gasteiger partial charge in [-0.1, -0.05) is 40.7 Å². The van der Waals surface area contributed by atoms with Crippen LogP contribution >= 0.6 is 0 Å². The quantitative estimate of drug-likeness (QED) is 0.265. The smallest absolute Gasteiger partial charge is 0.330 e. The van der Waals surface area contributed by atoms with E-state index in [1.165, 1.54) is 13.2 Å². The lowest BCUT2D eigenvalue weighted by Gasteiger charge is -2.40. The summed E-state index contributed by atoms with van der Waals surface area (Å²) in [5.74, 6) is -0.343. The van der Waals surface area contributed by atoms with Crippen LogP contribution in [0.15, 0.2) is 23.8 Å². The summed E-state index contributed by atoms with van der Waals surface area (Å²) in [4.78, 5) is 11.6. The molecule has 0 spiro atoms. The third-order valence-corrected chi connectivity index (χ3v) is 8.84. The van der Waals surface area contributed by atoms with Crippen LogP contribution < -0.4 is 0 Å². The predicted octanol–water partition coefficient (Wildman–Crippen LogP) is 5.24. The molecule has 0 radical (unpaired) electrons. The fraction of sp³-hybridized carbons (Fsp3) is 0.722. The summed E-state index contributed by atoms with van der Waals surface area (Å²) >= 11 is 0. The van der Waals surface area contributed by atoms with Crippen molar-refractivity contribution >= 4 is 14.3 Å². The molecule has 0 aliphatic heterocycles. The maximum Gasteiger partial charge on any atom is 0.330 e. The van der Waals surface area contributed by atoms with E-state index < -0.39 is 8.32 Å². The number of carbonyl (C=O) groups is 1. The molecule has 3 nitrogen and oxygen atoms in total. The van der Waals surface area contributed by atoms with E-state index in [-0.39, 0.29) is 17.1 Å². The van der Waals surface area contributed by atoms with E-state index in [9.17, 15) is 4.79 Å². The van der Waals surface area contributed by atoms with Crippen molar-refractivity contribution in [2.45, 2.75) is 78.1 Å². The van der Waals surface area contributed by atoms with Crippen LogP contribution in [0.2, 0.25) is 18.1 Å². The number of rotatable bonds is 8. The number of ether oxygens (including phenoxy) is 1. The normalized spacial score (nSPS) is 14.6. The van der Waals surface area contributed by atoms with Gasteiger partial charge in [-0.2, -0.15) is 0 Å². The maximum absolute atomic E-state index is 11.6. The van der Waals surface area contributed by atoms with E-state index in [2.05, 4.69) is 47.4 Å². The molecule has 0 aliphatic rings. The van der Waals surface area contributed by atoms with Gasteiger partial charge in [0.25, 0.3) is 0 Å². The molecule has 0 rings (SSSR count). The van der Waals surface area contributed by atoms with Crippen LogP contribution in [0.3, 0.4) is 0 Å². The van der Waals surface area contributed by atoms with Crippen LogP contribution in [0.1, 0.15) is 53.9 Å². The van der Waals surface area contributed by atoms with Crippen molar-refractivity contribution in [3.8, 4) is 0 Å². The highest BCUT2D eigenvalue weighted by atomic mass is 28.4. The highest BCUT2D eigenvalue weighted by Crippen LogP contribution is 2.39. The first-order chi connectivity index (χ1) is 9.96. The van der Waals surface area contributed by atoms with E-state index in [0.717, 1.165) is 30.4 Å². The highest BCUT2D eigenvalue weighted by molar-refractivity contribution is 6.74. The summed E-state index contributed by atoms with van der Waals surface area (Å²) in [6, 6.07) is 0. The summed E-state index contributed by atoms with van der Waals surface area (Å²) < 4.78 is 11.3. The van der Waals surface area contributed by atoms with Gasteiger partial charge in [0.05, 0.1) is 13.2 Å². The first kappa shape index (κ1) is 21.1. The Morgan fingerprint density at radius 3 is 2.27 bits per heavy atom. The molecule has 0 amide bonds. The third-order valence-electron chi connectivity index (χ3n) is 4.40. The van der Waals surface area contributed by atoms with Crippen molar-refractivity contribution in [3.63, 3.8) is 0 Å². The molecule has 0 aromatic rings. The van der Waals surface area contributed by atoms with Crippen molar-refractivity contribution < 1.29 is 14.0 Å². The van der Waals surface area contributed by atoms with Crippen molar-refractivity contribution in [2.24, 2.45) is 0 Å². The van der Waals surface area contributed by atoms with Gasteiger partial charge in [0.15, 0.2) is 8.32 Å². The zero-order chi connectivity index (χ0) is 17.6. The number of methoxy groups -OCH3 is 1. The van der Waals surface area contributed by atoms with Crippen LogP contribution in [0.25, 0.3) is 0 Å². The largest absolute Gasteiger partial charge is 0.466 e. The summed E-state index contributed by atoms with van der Waals surface area (Å²) in [6.45, 7) is 19.4. The number of esters is 1. The Morgan fingerprint density at radius 1 is 1.32 bits per heavy atom. The van der Waals surface area contributed by atoms with Gasteiger partial charge in [0, 0.05) is 6.08 Å². The Labute approximate surface area is 137 Å². The first-order valence-electron chi connectivity index (χ1n) is 8.08. The maximum atomic E-state index is 11.6. The van der Waals surface area contributed by atoms with Gasteiger partial charge in [-0.3, -0.25) is 0 Å². The zero-order valence-electron chi connectivity index (χ0n) is 15.7. The van der Waals surface area contributed by atoms with Gasteiger partial charge < -0.3 is 9.16 Å². The Hall–Kier alpha value is -0.873. The molecule has 0 unspecified atom stereocenters. The highest BCUT2D eigenvalue weighted by Gasteiger charge is 2.40. The lowest BCUT2D eigenvalue weighted by atomic mass is 9.99. The number of unbranched alkanes of at least 4 members (excludes halogenated alkanes) is 1. The third kappa shape index (κ3) is 6.49. The molecule has 22 heavy (non-hydrogen) atoms. The van der Waals surface area contributed by atoms with E-state index >= 15 is 0 Å². The number of hydrogen-bond acceptors (Lipinski definition) is 3. The monoisotopic (exact) mass is 326 g/mol. The predicted molar refractivity (Wildman–Crippen MR) is 96.5 cm³/mol. The van der Waals surface area contributed by atoms with E-state index in [4.69, 9.17) is 9.16 Å². The molecule has 4 heteroatoms. The second-order valence-corrected chi connectivity index (χ2v) is 12.2. The minimum atomic E-state index is -1.95. The Balaban J connectivity index is 5.39. The van der Waals surface area contributed by atoms with Gasteiger partial charge in [-0.15, -0.1) is 0 Å². The summed E-state index contributed by atoms with van der Waals surface area (Å²) in [5, 5.41) is 0.113. The topological polar surface area (TPSA) is 35.5 Å². The van der Waals surface area contributed by atoms with Crippen molar-refractivity contribution in [3.05, 3.63) is 23.8 Å². The minimum Gasteiger partial charge on any atom is -0.466 e. The van der Waals surface area contributed by atoms with Crippen molar-refractivity contribution in [1.29, 1.82) is 0 Å². The number of carbonyl (C=O) groups excluding carboxylic acids is 1. The molecule has 0 aromatic carbocycles. The van der Waals surface area contributed by atoms with Gasteiger partial charge in [0.2, 0.25) is 0 Å². The molecule has 128 valence electrons. The summed E-state index contributed by atoms with van der Waals surface area (Å²) in [5.41, 5.74) is 1.92. The SMILES string of the molecule is C=C(CCCC)[C@H](O[Si](C)(C)C(C)(C)C)/C(C)=C/C(=O)OC. The summed E-state index contributed by atoms with van der Waals surface area (Å²) in [7, 11) is -0.557. The standard InChI is InChI=1S/C18H34O3Si/c1-10-11-12-14(2)17(15(3)13-16(19)20-7)21-22(8,9)18(4,5)6/h13,17H,2,10-12H2,1,3-9H3/b15-13+/t17-/m0/s1. The van der Waals surface area contributed by atoms with E-state index in [1.54, 1.807) is 0 Å². The minimum absolute atomic E-state index is 0.113. The fourth-order valence-electron chi connectivity index (χ4n) is 1.83. The fourth-order valence-corrected chi connectivity index (χ4v) is 3.12. The zero-order valence-corrected chi connectivity index (χ0v) is 16.7. The molecular weight excluding hydrogens is 292 g/mol. The lowest BCUT2D eigenvalue weighted by Crippen LogP contribution is -2.44. The van der Waals surface area contributed by atoms with Crippen molar-refractivity contribution in [2.75, 3.05) is 7.11 Å². The second kappa shape index (κ2) is 8.68. The lowest BCUT2D eigenvalue weighted by molar-refractivity contribution is -0.134. The van der Waals surface area contributed by atoms with E-state index in [0.29, 0.717) is 0 Å². The Morgan fingerprint density at radius 2 is 1.86 bits per heavy atom. The van der Waals surface area contributed by atoms with Crippen LogP contribution in [0.4, 0.5) is 0 Å². The molecule has 0 saturated heterocycles.